The molecule has 0 fully saturated rings. The maximum absolute atomic E-state index is 4.65. The van der Waals surface area contributed by atoms with Crippen LogP contribution in [0.2, 0.25) is 0 Å². The molecular formula is C18H32N4. The van der Waals surface area contributed by atoms with Gasteiger partial charge in [0.05, 0.1) is 6.54 Å². The molecule has 1 atom stereocenters. The Hall–Kier alpha value is -1.55. The van der Waals surface area contributed by atoms with Crippen molar-refractivity contribution >= 4 is 5.96 Å². The van der Waals surface area contributed by atoms with Crippen molar-refractivity contribution in [1.29, 1.82) is 0 Å². The fraction of sp³-hybridized carbons (Fsp3) is 0.611. The Balaban J connectivity index is 2.46. The largest absolute Gasteiger partial charge is 0.357 e. The maximum atomic E-state index is 4.65. The van der Waals surface area contributed by atoms with Crippen molar-refractivity contribution in [3.63, 3.8) is 0 Å². The molecule has 22 heavy (non-hydrogen) atoms. The van der Waals surface area contributed by atoms with E-state index in [0.717, 1.165) is 25.6 Å². The SMILES string of the molecule is CCNC(=NCc1ccc(C)cc1)NCCN(C)C(C)CC. The van der Waals surface area contributed by atoms with Crippen LogP contribution in [0.25, 0.3) is 0 Å². The number of guanidine groups is 1. The zero-order chi connectivity index (χ0) is 16.4. The van der Waals surface area contributed by atoms with Crippen molar-refractivity contribution in [2.75, 3.05) is 26.7 Å². The Morgan fingerprint density at radius 2 is 1.86 bits per heavy atom. The van der Waals surface area contributed by atoms with Crippen LogP contribution in [0.5, 0.6) is 0 Å². The van der Waals surface area contributed by atoms with Gasteiger partial charge in [0, 0.05) is 25.7 Å². The van der Waals surface area contributed by atoms with Gasteiger partial charge in [-0.1, -0.05) is 36.8 Å². The van der Waals surface area contributed by atoms with Gasteiger partial charge in [-0.3, -0.25) is 0 Å². The summed E-state index contributed by atoms with van der Waals surface area (Å²) in [6, 6.07) is 9.16. The lowest BCUT2D eigenvalue weighted by molar-refractivity contribution is 0.255. The third kappa shape index (κ3) is 6.94. The summed E-state index contributed by atoms with van der Waals surface area (Å²) in [5, 5.41) is 6.71. The highest BCUT2D eigenvalue weighted by molar-refractivity contribution is 5.79. The van der Waals surface area contributed by atoms with E-state index in [2.05, 4.69) is 79.5 Å². The van der Waals surface area contributed by atoms with Gasteiger partial charge in [0.15, 0.2) is 5.96 Å². The first-order chi connectivity index (χ1) is 10.6. The minimum absolute atomic E-state index is 0.619. The molecule has 0 saturated carbocycles. The van der Waals surface area contributed by atoms with Crippen molar-refractivity contribution in [2.45, 2.75) is 46.7 Å². The predicted octanol–water partition coefficient (Wildman–Crippen LogP) is 2.78. The van der Waals surface area contributed by atoms with Gasteiger partial charge in [-0.2, -0.15) is 0 Å². The highest BCUT2D eigenvalue weighted by Crippen LogP contribution is 2.04. The minimum Gasteiger partial charge on any atom is -0.357 e. The molecule has 0 saturated heterocycles. The molecule has 1 unspecified atom stereocenters. The van der Waals surface area contributed by atoms with Gasteiger partial charge < -0.3 is 15.5 Å². The van der Waals surface area contributed by atoms with Crippen molar-refractivity contribution in [3.8, 4) is 0 Å². The Kier molecular flexibility index (Phi) is 8.60. The molecule has 1 aromatic rings. The average molecular weight is 304 g/mol. The number of nitrogens with zero attached hydrogens (tertiary/aromatic N) is 2. The van der Waals surface area contributed by atoms with E-state index >= 15 is 0 Å². The van der Waals surface area contributed by atoms with Crippen molar-refractivity contribution < 1.29 is 0 Å². The van der Waals surface area contributed by atoms with E-state index in [4.69, 9.17) is 0 Å². The lowest BCUT2D eigenvalue weighted by Crippen LogP contribution is -2.42. The summed E-state index contributed by atoms with van der Waals surface area (Å²) >= 11 is 0. The van der Waals surface area contributed by atoms with Crippen LogP contribution in [-0.4, -0.2) is 43.6 Å². The molecule has 1 rings (SSSR count). The van der Waals surface area contributed by atoms with Gasteiger partial charge in [0.2, 0.25) is 0 Å². The van der Waals surface area contributed by atoms with Gasteiger partial charge in [0.25, 0.3) is 0 Å². The smallest absolute Gasteiger partial charge is 0.191 e. The molecular weight excluding hydrogens is 272 g/mol. The summed E-state index contributed by atoms with van der Waals surface area (Å²) in [6.45, 7) is 12.2. The van der Waals surface area contributed by atoms with Crippen LogP contribution in [0.3, 0.4) is 0 Å². The molecule has 0 aliphatic heterocycles. The zero-order valence-corrected chi connectivity index (χ0v) is 14.8. The third-order valence-corrected chi connectivity index (χ3v) is 3.98. The van der Waals surface area contributed by atoms with Crippen LogP contribution in [-0.2, 0) is 6.54 Å². The second kappa shape index (κ2) is 10.2. The number of aryl methyl sites for hydroxylation is 1. The molecule has 0 amide bonds. The van der Waals surface area contributed by atoms with E-state index in [1.165, 1.54) is 17.5 Å². The number of benzene rings is 1. The fourth-order valence-electron chi connectivity index (χ4n) is 2.09. The highest BCUT2D eigenvalue weighted by atomic mass is 15.2. The number of likely N-dealkylation sites (N-methyl/N-ethyl adjacent to an activating group) is 1. The Morgan fingerprint density at radius 1 is 1.18 bits per heavy atom. The van der Waals surface area contributed by atoms with Gasteiger partial charge in [-0.15, -0.1) is 0 Å². The maximum Gasteiger partial charge on any atom is 0.191 e. The lowest BCUT2D eigenvalue weighted by Gasteiger charge is -2.24. The number of hydrogen-bond acceptors (Lipinski definition) is 2. The molecule has 0 aromatic heterocycles. The summed E-state index contributed by atoms with van der Waals surface area (Å²) in [4.78, 5) is 7.02. The van der Waals surface area contributed by atoms with Crippen LogP contribution in [0.4, 0.5) is 0 Å². The number of rotatable bonds is 8. The van der Waals surface area contributed by atoms with Gasteiger partial charge in [-0.25, -0.2) is 4.99 Å². The van der Waals surface area contributed by atoms with E-state index in [9.17, 15) is 0 Å². The molecule has 1 aromatic carbocycles. The molecule has 2 N–H and O–H groups in total. The fourth-order valence-corrected chi connectivity index (χ4v) is 2.09. The Bertz CT molecular complexity index is 439. The van der Waals surface area contributed by atoms with Crippen LogP contribution in [0.15, 0.2) is 29.3 Å². The summed E-state index contributed by atoms with van der Waals surface area (Å²) in [7, 11) is 2.17. The van der Waals surface area contributed by atoms with E-state index in [1.54, 1.807) is 0 Å². The summed E-state index contributed by atoms with van der Waals surface area (Å²) in [5.41, 5.74) is 2.52. The van der Waals surface area contributed by atoms with Gasteiger partial charge in [-0.05, 0) is 39.8 Å². The summed E-state index contributed by atoms with van der Waals surface area (Å²) < 4.78 is 0. The van der Waals surface area contributed by atoms with Crippen molar-refractivity contribution in [1.82, 2.24) is 15.5 Å². The van der Waals surface area contributed by atoms with Crippen LogP contribution < -0.4 is 10.6 Å². The summed E-state index contributed by atoms with van der Waals surface area (Å²) in [5.74, 6) is 0.889. The lowest BCUT2D eigenvalue weighted by atomic mass is 10.1. The molecule has 124 valence electrons. The normalized spacial score (nSPS) is 13.3. The van der Waals surface area contributed by atoms with E-state index in [-0.39, 0.29) is 0 Å². The second-order valence-corrected chi connectivity index (χ2v) is 5.85. The summed E-state index contributed by atoms with van der Waals surface area (Å²) in [6.07, 6.45) is 1.18. The number of nitrogens with one attached hydrogen (secondary N) is 2. The van der Waals surface area contributed by atoms with Crippen molar-refractivity contribution in [3.05, 3.63) is 35.4 Å². The topological polar surface area (TPSA) is 39.7 Å². The Labute approximate surface area is 136 Å². The molecule has 0 aliphatic rings. The van der Waals surface area contributed by atoms with E-state index in [1.807, 2.05) is 0 Å². The van der Waals surface area contributed by atoms with Crippen LogP contribution >= 0.6 is 0 Å². The van der Waals surface area contributed by atoms with E-state index < -0.39 is 0 Å². The van der Waals surface area contributed by atoms with Gasteiger partial charge in [0.1, 0.15) is 0 Å². The minimum atomic E-state index is 0.619. The van der Waals surface area contributed by atoms with Crippen molar-refractivity contribution in [2.24, 2.45) is 4.99 Å². The zero-order valence-electron chi connectivity index (χ0n) is 14.8. The first-order valence-electron chi connectivity index (χ1n) is 8.34. The second-order valence-electron chi connectivity index (χ2n) is 5.85. The van der Waals surface area contributed by atoms with Crippen LogP contribution in [0, 0.1) is 6.92 Å². The monoisotopic (exact) mass is 304 g/mol. The van der Waals surface area contributed by atoms with E-state index in [0.29, 0.717) is 12.6 Å². The predicted molar refractivity (Wildman–Crippen MR) is 96.4 cm³/mol. The molecule has 4 heteroatoms. The Morgan fingerprint density at radius 3 is 2.45 bits per heavy atom. The molecule has 0 aliphatic carbocycles. The molecule has 0 heterocycles. The standard InChI is InChI=1S/C18H32N4/c1-6-16(4)22(5)13-12-20-18(19-7-2)21-14-17-10-8-15(3)9-11-17/h8-11,16H,6-7,12-14H2,1-5H3,(H2,19,20,21). The third-order valence-electron chi connectivity index (χ3n) is 3.98. The van der Waals surface area contributed by atoms with Gasteiger partial charge >= 0.3 is 0 Å². The highest BCUT2D eigenvalue weighted by Gasteiger charge is 2.06. The van der Waals surface area contributed by atoms with Crippen LogP contribution in [0.1, 0.15) is 38.3 Å². The molecule has 0 radical (unpaired) electrons. The molecule has 0 spiro atoms. The first kappa shape index (κ1) is 18.5. The first-order valence-corrected chi connectivity index (χ1v) is 8.34. The molecule has 0 bridgehead atoms. The number of aliphatic imine (C=N–C) groups is 1. The average Bonchev–Trinajstić information content (AvgIpc) is 2.53. The molecule has 4 nitrogen and oxygen atoms in total. The number of hydrogen-bond donors (Lipinski definition) is 2. The quantitative estimate of drug-likeness (QED) is 0.573.